The van der Waals surface area contributed by atoms with Crippen molar-refractivity contribution < 1.29 is 4.39 Å². The van der Waals surface area contributed by atoms with Crippen molar-refractivity contribution in [3.05, 3.63) is 46.8 Å². The summed E-state index contributed by atoms with van der Waals surface area (Å²) in [7, 11) is 0. The second-order valence-corrected chi connectivity index (χ2v) is 3.93. The van der Waals surface area contributed by atoms with Gasteiger partial charge < -0.3 is 5.32 Å². The Kier molecular flexibility index (Phi) is 3.71. The van der Waals surface area contributed by atoms with Gasteiger partial charge in [-0.15, -0.1) is 0 Å². The molecule has 0 aliphatic heterocycles. The van der Waals surface area contributed by atoms with E-state index in [4.69, 9.17) is 11.6 Å². The predicted molar refractivity (Wildman–Crippen MR) is 63.3 cm³/mol. The van der Waals surface area contributed by atoms with E-state index >= 15 is 0 Å². The molecule has 1 unspecified atom stereocenters. The molecule has 0 amide bonds. The molecular weight excluding hydrogens is 243 g/mol. The van der Waals surface area contributed by atoms with Crippen LogP contribution in [0.5, 0.6) is 0 Å². The van der Waals surface area contributed by atoms with Gasteiger partial charge in [0.05, 0.1) is 6.04 Å². The van der Waals surface area contributed by atoms with Gasteiger partial charge in [0, 0.05) is 5.02 Å². The van der Waals surface area contributed by atoms with E-state index in [1.807, 2.05) is 6.92 Å². The molecule has 0 fully saturated rings. The fourth-order valence-corrected chi connectivity index (χ4v) is 1.87. The molecule has 0 bridgehead atoms. The van der Waals surface area contributed by atoms with Crippen molar-refractivity contribution in [1.82, 2.24) is 20.5 Å². The van der Waals surface area contributed by atoms with Crippen molar-refractivity contribution in [2.45, 2.75) is 13.0 Å². The van der Waals surface area contributed by atoms with Crippen molar-refractivity contribution in [2.24, 2.45) is 0 Å². The molecule has 2 aromatic rings. The Hall–Kier alpha value is -1.46. The minimum Gasteiger partial charge on any atom is -0.304 e. The van der Waals surface area contributed by atoms with E-state index in [1.54, 1.807) is 0 Å². The maximum Gasteiger partial charge on any atom is 0.146 e. The van der Waals surface area contributed by atoms with Crippen molar-refractivity contribution in [1.29, 1.82) is 0 Å². The summed E-state index contributed by atoms with van der Waals surface area (Å²) in [5, 5.41) is 10.2. The number of hydrogen-bond donors (Lipinski definition) is 2. The second kappa shape index (κ2) is 5.25. The molecule has 17 heavy (non-hydrogen) atoms. The highest BCUT2D eigenvalue weighted by Crippen LogP contribution is 2.26. The van der Waals surface area contributed by atoms with Gasteiger partial charge in [-0.3, -0.25) is 5.10 Å². The third-order valence-electron chi connectivity index (χ3n) is 2.38. The third kappa shape index (κ3) is 2.62. The molecule has 4 nitrogen and oxygen atoms in total. The average Bonchev–Trinajstić information content (AvgIpc) is 2.83. The van der Waals surface area contributed by atoms with Crippen LogP contribution in [-0.2, 0) is 0 Å². The number of nitrogens with zero attached hydrogens (tertiary/aromatic N) is 2. The molecule has 2 N–H and O–H groups in total. The molecule has 0 saturated heterocycles. The number of aromatic nitrogens is 3. The lowest BCUT2D eigenvalue weighted by molar-refractivity contribution is 0.585. The molecule has 0 aliphatic carbocycles. The third-order valence-corrected chi connectivity index (χ3v) is 2.73. The number of aromatic amines is 1. The number of hydrogen-bond acceptors (Lipinski definition) is 3. The molecule has 0 radical (unpaired) electrons. The van der Waals surface area contributed by atoms with E-state index in [0.29, 0.717) is 23.0 Å². The lowest BCUT2D eigenvalue weighted by Crippen LogP contribution is -2.23. The zero-order valence-corrected chi connectivity index (χ0v) is 10.0. The molecule has 0 aliphatic rings. The summed E-state index contributed by atoms with van der Waals surface area (Å²) in [6.45, 7) is 2.66. The van der Waals surface area contributed by atoms with Crippen molar-refractivity contribution in [3.8, 4) is 0 Å². The molecule has 0 spiro atoms. The number of halogens is 2. The quantitative estimate of drug-likeness (QED) is 0.880. The van der Waals surface area contributed by atoms with E-state index in [2.05, 4.69) is 20.5 Å². The van der Waals surface area contributed by atoms with Gasteiger partial charge in [0.25, 0.3) is 0 Å². The first-order valence-electron chi connectivity index (χ1n) is 5.26. The van der Waals surface area contributed by atoms with E-state index < -0.39 is 0 Å². The maximum absolute atomic E-state index is 13.3. The maximum atomic E-state index is 13.3. The highest BCUT2D eigenvalue weighted by atomic mass is 35.5. The van der Waals surface area contributed by atoms with Gasteiger partial charge in [0.15, 0.2) is 0 Å². The molecule has 6 heteroatoms. The van der Waals surface area contributed by atoms with Gasteiger partial charge >= 0.3 is 0 Å². The highest BCUT2D eigenvalue weighted by Gasteiger charge is 2.19. The Morgan fingerprint density at radius 1 is 1.53 bits per heavy atom. The molecule has 0 saturated carbocycles. The second-order valence-electron chi connectivity index (χ2n) is 3.53. The number of H-pyrrole nitrogens is 1. The standard InChI is InChI=1S/C11H12ClFN4/c1-2-14-10(11-15-6-16-17-11)8-5-7(13)3-4-9(8)12/h3-6,10,14H,2H2,1H3,(H,15,16,17). The van der Waals surface area contributed by atoms with E-state index in [-0.39, 0.29) is 11.9 Å². The predicted octanol–water partition coefficient (Wildman–Crippen LogP) is 2.30. The molecule has 2 rings (SSSR count). The summed E-state index contributed by atoms with van der Waals surface area (Å²) < 4.78 is 13.3. The van der Waals surface area contributed by atoms with Crippen LogP contribution in [0.15, 0.2) is 24.5 Å². The van der Waals surface area contributed by atoms with Crippen LogP contribution in [0.1, 0.15) is 24.4 Å². The topological polar surface area (TPSA) is 53.6 Å². The Labute approximate surface area is 103 Å². The Morgan fingerprint density at radius 3 is 3.00 bits per heavy atom. The number of benzene rings is 1. The largest absolute Gasteiger partial charge is 0.304 e. The van der Waals surface area contributed by atoms with Crippen LogP contribution >= 0.6 is 11.6 Å². The fraction of sp³-hybridized carbons (Fsp3) is 0.273. The normalized spacial score (nSPS) is 12.6. The SMILES string of the molecule is CCNC(c1ncn[nH]1)c1cc(F)ccc1Cl. The number of nitrogens with one attached hydrogen (secondary N) is 2. The molecule has 1 aromatic carbocycles. The zero-order chi connectivity index (χ0) is 12.3. The van der Waals surface area contributed by atoms with Crippen molar-refractivity contribution >= 4 is 11.6 Å². The summed E-state index contributed by atoms with van der Waals surface area (Å²) >= 11 is 6.07. The minimum absolute atomic E-state index is 0.286. The smallest absolute Gasteiger partial charge is 0.146 e. The Morgan fingerprint density at radius 2 is 2.35 bits per heavy atom. The molecular formula is C11H12ClFN4. The van der Waals surface area contributed by atoms with Crippen LogP contribution in [0.25, 0.3) is 0 Å². The van der Waals surface area contributed by atoms with Crippen molar-refractivity contribution in [3.63, 3.8) is 0 Å². The summed E-state index contributed by atoms with van der Waals surface area (Å²) in [6.07, 6.45) is 1.41. The van der Waals surface area contributed by atoms with Crippen LogP contribution in [0.2, 0.25) is 5.02 Å². The van der Waals surface area contributed by atoms with Gasteiger partial charge in [-0.1, -0.05) is 18.5 Å². The van der Waals surface area contributed by atoms with E-state index in [9.17, 15) is 4.39 Å². The Bertz CT molecular complexity index is 486. The summed E-state index contributed by atoms with van der Waals surface area (Å²) in [5.74, 6) is 0.283. The van der Waals surface area contributed by atoms with Gasteiger partial charge in [-0.2, -0.15) is 5.10 Å². The van der Waals surface area contributed by atoms with E-state index in [1.165, 1.54) is 24.5 Å². The summed E-state index contributed by atoms with van der Waals surface area (Å²) in [6, 6.07) is 3.98. The van der Waals surface area contributed by atoms with Gasteiger partial charge in [-0.05, 0) is 30.3 Å². The van der Waals surface area contributed by atoms with Gasteiger partial charge in [-0.25, -0.2) is 9.37 Å². The summed E-state index contributed by atoms with van der Waals surface area (Å²) in [5.41, 5.74) is 0.644. The lowest BCUT2D eigenvalue weighted by atomic mass is 10.1. The van der Waals surface area contributed by atoms with Gasteiger partial charge in [0.1, 0.15) is 18.0 Å². The van der Waals surface area contributed by atoms with Crippen LogP contribution in [0.3, 0.4) is 0 Å². The number of rotatable bonds is 4. The van der Waals surface area contributed by atoms with E-state index in [0.717, 1.165) is 0 Å². The summed E-state index contributed by atoms with van der Waals surface area (Å²) in [4.78, 5) is 4.07. The minimum atomic E-state index is -0.327. The molecule has 90 valence electrons. The first kappa shape index (κ1) is 12.0. The molecule has 1 atom stereocenters. The molecule has 1 heterocycles. The first-order chi connectivity index (χ1) is 8.22. The Balaban J connectivity index is 2.42. The lowest BCUT2D eigenvalue weighted by Gasteiger charge is -2.16. The van der Waals surface area contributed by atoms with Crippen LogP contribution in [-0.4, -0.2) is 21.7 Å². The zero-order valence-electron chi connectivity index (χ0n) is 9.24. The first-order valence-corrected chi connectivity index (χ1v) is 5.63. The molecule has 1 aromatic heterocycles. The fourth-order valence-electron chi connectivity index (χ4n) is 1.65. The van der Waals surface area contributed by atoms with Crippen LogP contribution in [0, 0.1) is 5.82 Å². The monoisotopic (exact) mass is 254 g/mol. The van der Waals surface area contributed by atoms with Crippen LogP contribution < -0.4 is 5.32 Å². The van der Waals surface area contributed by atoms with Crippen molar-refractivity contribution in [2.75, 3.05) is 6.54 Å². The van der Waals surface area contributed by atoms with Crippen LogP contribution in [0.4, 0.5) is 4.39 Å². The average molecular weight is 255 g/mol. The highest BCUT2D eigenvalue weighted by molar-refractivity contribution is 6.31. The van der Waals surface area contributed by atoms with Gasteiger partial charge in [0.2, 0.25) is 0 Å².